The third-order valence-electron chi connectivity index (χ3n) is 10.8. The highest BCUT2D eigenvalue weighted by Gasteiger charge is 2.41. The lowest BCUT2D eigenvalue weighted by molar-refractivity contribution is -0.0390. The Morgan fingerprint density at radius 3 is 2.52 bits per heavy atom. The van der Waals surface area contributed by atoms with Gasteiger partial charge in [0.25, 0.3) is 5.56 Å². The van der Waals surface area contributed by atoms with Gasteiger partial charge in [-0.1, -0.05) is 33.8 Å². The van der Waals surface area contributed by atoms with E-state index in [0.717, 1.165) is 73.1 Å². The van der Waals surface area contributed by atoms with Crippen molar-refractivity contribution in [1.82, 2.24) is 29.2 Å². The molecule has 0 spiro atoms. The molecular formula is C35H51N7O3Si. The minimum Gasteiger partial charge on any atom is -0.415 e. The molecule has 3 aromatic heterocycles. The second-order valence-corrected chi connectivity index (χ2v) is 19.5. The first-order valence-electron chi connectivity index (χ1n) is 17.0. The number of hydrogen-bond acceptors (Lipinski definition) is 8. The van der Waals surface area contributed by atoms with Gasteiger partial charge in [0.1, 0.15) is 11.7 Å². The lowest BCUT2D eigenvalue weighted by Crippen LogP contribution is -2.61. The fourth-order valence-electron chi connectivity index (χ4n) is 6.71. The first-order valence-corrected chi connectivity index (χ1v) is 19.9. The molecule has 248 valence electrons. The zero-order valence-corrected chi connectivity index (χ0v) is 29.9. The predicted octanol–water partition coefficient (Wildman–Crippen LogP) is 6.43. The maximum Gasteiger partial charge on any atom is 0.252 e. The molecule has 1 aromatic carbocycles. The predicted molar refractivity (Wildman–Crippen MR) is 187 cm³/mol. The molecule has 5 heterocycles. The maximum atomic E-state index is 13.5. The Hall–Kier alpha value is -3.12. The van der Waals surface area contributed by atoms with Crippen LogP contribution in [-0.4, -0.2) is 75.9 Å². The van der Waals surface area contributed by atoms with Crippen molar-refractivity contribution >= 4 is 36.1 Å². The monoisotopic (exact) mass is 645 g/mol. The van der Waals surface area contributed by atoms with Gasteiger partial charge in [0.2, 0.25) is 0 Å². The highest BCUT2D eigenvalue weighted by molar-refractivity contribution is 6.74. The van der Waals surface area contributed by atoms with Crippen LogP contribution < -0.4 is 10.5 Å². The van der Waals surface area contributed by atoms with Gasteiger partial charge in [-0.25, -0.2) is 4.68 Å². The molecule has 2 saturated heterocycles. The van der Waals surface area contributed by atoms with Gasteiger partial charge in [-0.05, 0) is 68.4 Å². The van der Waals surface area contributed by atoms with Crippen molar-refractivity contribution in [3.8, 4) is 0 Å². The SMILES string of the molecule is CC[C@@H]1CN(c2cc(=O)n(C)c3cn(C4CCCCO4)nc23)[C@@H](CO[Si](C)(C)C(C)(C)C)CN1C(C)c1ccc2nccnc2c1. The van der Waals surface area contributed by atoms with E-state index in [-0.39, 0.29) is 35.0 Å². The molecule has 2 aliphatic rings. The Morgan fingerprint density at radius 2 is 1.83 bits per heavy atom. The van der Waals surface area contributed by atoms with Crippen LogP contribution in [-0.2, 0) is 16.2 Å². The first kappa shape index (κ1) is 32.8. The standard InChI is InChI=1S/C35H51N7O3Si/c1-9-26-20-41(30-19-32(43)39(6)31-22-42(38-34(30)31)33-12-10-11-17-44-33)27(23-45-46(7,8)35(3,4)5)21-40(26)24(2)25-13-14-28-29(18-25)37-16-15-36-28/h13-16,18-19,22,24,26-27,33H,9-12,17,20-21,23H2,1-8H3/t24?,26-,27-,33?/m1/s1. The van der Waals surface area contributed by atoms with Crippen LogP contribution in [0.25, 0.3) is 22.1 Å². The van der Waals surface area contributed by atoms with Gasteiger partial charge in [-0.3, -0.25) is 19.7 Å². The molecule has 0 saturated carbocycles. The molecule has 2 fully saturated rings. The maximum absolute atomic E-state index is 13.5. The summed E-state index contributed by atoms with van der Waals surface area (Å²) in [5.41, 5.74) is 5.59. The lowest BCUT2D eigenvalue weighted by atomic mass is 9.97. The molecule has 0 radical (unpaired) electrons. The van der Waals surface area contributed by atoms with Crippen LogP contribution in [0.5, 0.6) is 0 Å². The Kier molecular flexibility index (Phi) is 9.14. The second kappa shape index (κ2) is 12.8. The highest BCUT2D eigenvalue weighted by atomic mass is 28.4. The smallest absolute Gasteiger partial charge is 0.252 e. The number of ether oxygens (including phenoxy) is 1. The van der Waals surface area contributed by atoms with E-state index in [2.05, 4.69) is 85.7 Å². The van der Waals surface area contributed by atoms with Gasteiger partial charge >= 0.3 is 0 Å². The summed E-state index contributed by atoms with van der Waals surface area (Å²) in [4.78, 5) is 27.6. The molecule has 0 aliphatic carbocycles. The number of aromatic nitrogens is 5. The number of piperazine rings is 1. The molecule has 11 heteroatoms. The molecule has 10 nitrogen and oxygen atoms in total. The molecule has 2 aliphatic heterocycles. The number of hydrogen-bond donors (Lipinski definition) is 0. The van der Waals surface area contributed by atoms with E-state index in [1.807, 2.05) is 17.9 Å². The van der Waals surface area contributed by atoms with E-state index in [1.165, 1.54) is 5.56 Å². The minimum atomic E-state index is -2.04. The Morgan fingerprint density at radius 1 is 1.07 bits per heavy atom. The summed E-state index contributed by atoms with van der Waals surface area (Å²) in [6.45, 7) is 18.9. The summed E-state index contributed by atoms with van der Waals surface area (Å²) in [7, 11) is -0.207. The van der Waals surface area contributed by atoms with Crippen LogP contribution >= 0.6 is 0 Å². The quantitative estimate of drug-likeness (QED) is 0.203. The summed E-state index contributed by atoms with van der Waals surface area (Å²) in [5, 5.41) is 5.20. The number of aryl methyl sites for hydroxylation is 1. The van der Waals surface area contributed by atoms with Gasteiger partial charge in [0.15, 0.2) is 8.32 Å². The number of anilines is 1. The lowest BCUT2D eigenvalue weighted by Gasteiger charge is -2.50. The van der Waals surface area contributed by atoms with Gasteiger partial charge in [0.05, 0.1) is 41.1 Å². The van der Waals surface area contributed by atoms with Gasteiger partial charge in [0, 0.05) is 57.3 Å². The van der Waals surface area contributed by atoms with Crippen molar-refractivity contribution in [3.63, 3.8) is 0 Å². The van der Waals surface area contributed by atoms with Gasteiger partial charge in [-0.15, -0.1) is 0 Å². The van der Waals surface area contributed by atoms with Crippen molar-refractivity contribution in [2.75, 3.05) is 31.2 Å². The Balaban J connectivity index is 1.39. The first-order chi connectivity index (χ1) is 21.9. The largest absolute Gasteiger partial charge is 0.415 e. The molecule has 6 rings (SSSR count). The van der Waals surface area contributed by atoms with Crippen molar-refractivity contribution in [2.45, 2.75) is 103 Å². The Labute approximate surface area is 273 Å². The van der Waals surface area contributed by atoms with Crippen molar-refractivity contribution in [1.29, 1.82) is 0 Å². The van der Waals surface area contributed by atoms with Crippen LogP contribution in [0.15, 0.2) is 47.7 Å². The fraction of sp³-hybridized carbons (Fsp3) is 0.600. The van der Waals surface area contributed by atoms with Crippen LogP contribution in [0.4, 0.5) is 5.69 Å². The van der Waals surface area contributed by atoms with E-state index in [4.69, 9.17) is 14.3 Å². The molecule has 0 amide bonds. The average molecular weight is 646 g/mol. The molecular weight excluding hydrogens is 595 g/mol. The van der Waals surface area contributed by atoms with E-state index in [1.54, 1.807) is 23.0 Å². The fourth-order valence-corrected chi connectivity index (χ4v) is 7.75. The van der Waals surface area contributed by atoms with E-state index in [0.29, 0.717) is 6.61 Å². The normalized spacial score (nSPS) is 22.5. The molecule has 46 heavy (non-hydrogen) atoms. The van der Waals surface area contributed by atoms with E-state index >= 15 is 0 Å². The van der Waals surface area contributed by atoms with Crippen molar-refractivity contribution in [3.05, 3.63) is 58.8 Å². The number of nitrogens with zero attached hydrogens (tertiary/aromatic N) is 7. The molecule has 4 atom stereocenters. The van der Waals surface area contributed by atoms with Crippen LogP contribution in [0.2, 0.25) is 18.1 Å². The molecule has 0 N–H and O–H groups in total. The second-order valence-electron chi connectivity index (χ2n) is 14.7. The summed E-state index contributed by atoms with van der Waals surface area (Å²) >= 11 is 0. The minimum absolute atomic E-state index is 0.0307. The topological polar surface area (TPSA) is 90.5 Å². The van der Waals surface area contributed by atoms with E-state index in [9.17, 15) is 4.79 Å². The summed E-state index contributed by atoms with van der Waals surface area (Å²) in [6, 6.07) is 8.69. The molecule has 4 aromatic rings. The van der Waals surface area contributed by atoms with Crippen LogP contribution in [0.3, 0.4) is 0 Å². The zero-order valence-electron chi connectivity index (χ0n) is 28.9. The van der Waals surface area contributed by atoms with Gasteiger partial charge < -0.3 is 18.6 Å². The molecule has 0 bridgehead atoms. The Bertz CT molecular complexity index is 1740. The average Bonchev–Trinajstić information content (AvgIpc) is 3.50. The summed E-state index contributed by atoms with van der Waals surface area (Å²) < 4.78 is 16.7. The highest BCUT2D eigenvalue weighted by Crippen LogP contribution is 2.39. The number of benzene rings is 1. The number of rotatable bonds is 8. The molecule has 2 unspecified atom stereocenters. The summed E-state index contributed by atoms with van der Waals surface area (Å²) in [6.07, 6.45) is 9.48. The third-order valence-corrected chi connectivity index (χ3v) is 15.3. The van der Waals surface area contributed by atoms with Crippen LogP contribution in [0.1, 0.15) is 78.1 Å². The zero-order chi connectivity index (χ0) is 32.8. The third kappa shape index (κ3) is 6.26. The van der Waals surface area contributed by atoms with E-state index < -0.39 is 8.32 Å². The number of pyridine rings is 1. The van der Waals surface area contributed by atoms with Crippen molar-refractivity contribution < 1.29 is 9.16 Å². The van der Waals surface area contributed by atoms with Crippen molar-refractivity contribution in [2.24, 2.45) is 7.05 Å². The van der Waals surface area contributed by atoms with Gasteiger partial charge in [-0.2, -0.15) is 5.10 Å². The van der Waals surface area contributed by atoms with Crippen LogP contribution in [0, 0.1) is 0 Å². The summed E-state index contributed by atoms with van der Waals surface area (Å²) in [5.74, 6) is 0. The number of fused-ring (bicyclic) bond motifs is 2.